The maximum atomic E-state index is 12.9. The minimum Gasteiger partial charge on any atom is -0.490 e. The number of urea groups is 1. The Morgan fingerprint density at radius 2 is 1.82 bits per heavy atom. The largest absolute Gasteiger partial charge is 0.490 e. The van der Waals surface area contributed by atoms with Crippen LogP contribution in [0.2, 0.25) is 5.02 Å². The van der Waals surface area contributed by atoms with Gasteiger partial charge in [0.05, 0.1) is 6.61 Å². The number of anilines is 1. The molecule has 8 nitrogen and oxygen atoms in total. The van der Waals surface area contributed by atoms with Crippen LogP contribution in [-0.4, -0.2) is 35.9 Å². The van der Waals surface area contributed by atoms with E-state index >= 15 is 0 Å². The van der Waals surface area contributed by atoms with E-state index in [4.69, 9.17) is 21.1 Å². The Morgan fingerprint density at radius 3 is 2.53 bits per heavy atom. The van der Waals surface area contributed by atoms with Crippen LogP contribution in [-0.2, 0) is 16.2 Å². The van der Waals surface area contributed by atoms with E-state index in [9.17, 15) is 14.4 Å². The number of nitrogens with one attached hydrogen (secondary N) is 2. The summed E-state index contributed by atoms with van der Waals surface area (Å²) in [6.07, 6.45) is 1.52. The van der Waals surface area contributed by atoms with Gasteiger partial charge in [-0.1, -0.05) is 51.8 Å². The van der Waals surface area contributed by atoms with Crippen LogP contribution in [0.15, 0.2) is 70.8 Å². The summed E-state index contributed by atoms with van der Waals surface area (Å²) in [4.78, 5) is 38.8. The molecule has 3 aromatic rings. The molecule has 0 bridgehead atoms. The summed E-state index contributed by atoms with van der Waals surface area (Å²) in [6, 6.07) is 17.3. The van der Waals surface area contributed by atoms with Crippen LogP contribution in [0.3, 0.4) is 0 Å². The normalized spacial score (nSPS) is 14.0. The summed E-state index contributed by atoms with van der Waals surface area (Å²) in [5, 5.41) is 5.88. The molecule has 1 saturated heterocycles. The summed E-state index contributed by atoms with van der Waals surface area (Å²) in [5.74, 6) is -0.112. The van der Waals surface area contributed by atoms with Crippen LogP contribution in [0.1, 0.15) is 23.6 Å². The van der Waals surface area contributed by atoms with Crippen molar-refractivity contribution in [2.45, 2.75) is 20.5 Å². The standard InChI is InChI=1S/C28H25BrClN3O5/c1-3-37-24-13-19(22(29)14-25(24)38-16-18-7-9-20(30)10-8-18)12-23-27(35)33(28(36)32-23)15-26(34)31-21-6-4-5-17(2)11-21/h4-14H,3,15-16H2,1-2H3,(H,31,34)(H,32,36)/b23-12+. The smallest absolute Gasteiger partial charge is 0.329 e. The van der Waals surface area contributed by atoms with Gasteiger partial charge in [-0.15, -0.1) is 0 Å². The molecule has 1 aliphatic rings. The topological polar surface area (TPSA) is 97.0 Å². The van der Waals surface area contributed by atoms with E-state index in [1.54, 1.807) is 36.4 Å². The van der Waals surface area contributed by atoms with Crippen molar-refractivity contribution in [2.75, 3.05) is 18.5 Å². The highest BCUT2D eigenvalue weighted by atomic mass is 79.9. The molecule has 0 radical (unpaired) electrons. The van der Waals surface area contributed by atoms with Gasteiger partial charge in [-0.3, -0.25) is 9.59 Å². The number of hydrogen-bond acceptors (Lipinski definition) is 5. The molecule has 1 fully saturated rings. The summed E-state index contributed by atoms with van der Waals surface area (Å²) < 4.78 is 12.4. The van der Waals surface area contributed by atoms with E-state index in [0.717, 1.165) is 16.0 Å². The minimum atomic E-state index is -0.676. The average Bonchev–Trinajstić information content (AvgIpc) is 3.13. The number of carbonyl (C=O) groups excluding carboxylic acids is 3. The van der Waals surface area contributed by atoms with Crippen molar-refractivity contribution in [2.24, 2.45) is 0 Å². The third-order valence-corrected chi connectivity index (χ3v) is 6.47. The Balaban J connectivity index is 1.49. The van der Waals surface area contributed by atoms with Crippen molar-refractivity contribution >= 4 is 57.1 Å². The van der Waals surface area contributed by atoms with Crippen LogP contribution in [0.4, 0.5) is 10.5 Å². The first-order valence-corrected chi connectivity index (χ1v) is 12.9. The Labute approximate surface area is 233 Å². The molecule has 196 valence electrons. The van der Waals surface area contributed by atoms with Gasteiger partial charge >= 0.3 is 6.03 Å². The van der Waals surface area contributed by atoms with Crippen molar-refractivity contribution in [1.82, 2.24) is 10.2 Å². The van der Waals surface area contributed by atoms with E-state index in [2.05, 4.69) is 26.6 Å². The first-order valence-electron chi connectivity index (χ1n) is 11.8. The van der Waals surface area contributed by atoms with Gasteiger partial charge < -0.3 is 20.1 Å². The van der Waals surface area contributed by atoms with Gasteiger partial charge in [-0.05, 0) is 73.0 Å². The van der Waals surface area contributed by atoms with Crippen molar-refractivity contribution in [3.8, 4) is 11.5 Å². The third-order valence-electron chi connectivity index (χ3n) is 5.54. The zero-order valence-electron chi connectivity index (χ0n) is 20.7. The van der Waals surface area contributed by atoms with Crippen LogP contribution < -0.4 is 20.1 Å². The van der Waals surface area contributed by atoms with Crippen LogP contribution in [0.25, 0.3) is 6.08 Å². The molecule has 4 rings (SSSR count). The van der Waals surface area contributed by atoms with Crippen LogP contribution in [0, 0.1) is 6.92 Å². The molecule has 2 N–H and O–H groups in total. The fourth-order valence-corrected chi connectivity index (χ4v) is 4.28. The zero-order valence-corrected chi connectivity index (χ0v) is 23.1. The highest BCUT2D eigenvalue weighted by Gasteiger charge is 2.35. The Kier molecular flexibility index (Phi) is 8.70. The number of imide groups is 1. The summed E-state index contributed by atoms with van der Waals surface area (Å²) in [7, 11) is 0. The van der Waals surface area contributed by atoms with Gasteiger partial charge in [0.15, 0.2) is 11.5 Å². The summed E-state index contributed by atoms with van der Waals surface area (Å²) in [5.41, 5.74) is 3.12. The second-order valence-corrected chi connectivity index (χ2v) is 9.76. The van der Waals surface area contributed by atoms with E-state index in [0.29, 0.717) is 45.5 Å². The third kappa shape index (κ3) is 6.73. The fraction of sp³-hybridized carbons (Fsp3) is 0.179. The van der Waals surface area contributed by atoms with Gasteiger partial charge in [0, 0.05) is 15.2 Å². The monoisotopic (exact) mass is 597 g/mol. The lowest BCUT2D eigenvalue weighted by Crippen LogP contribution is -2.38. The lowest BCUT2D eigenvalue weighted by atomic mass is 10.1. The van der Waals surface area contributed by atoms with Crippen molar-refractivity contribution in [3.63, 3.8) is 0 Å². The Bertz CT molecular complexity index is 1410. The summed E-state index contributed by atoms with van der Waals surface area (Å²) >= 11 is 9.46. The first kappa shape index (κ1) is 27.2. The van der Waals surface area contributed by atoms with E-state index in [-0.39, 0.29) is 5.70 Å². The highest BCUT2D eigenvalue weighted by molar-refractivity contribution is 9.10. The minimum absolute atomic E-state index is 0.0383. The molecular formula is C28H25BrClN3O5. The lowest BCUT2D eigenvalue weighted by Gasteiger charge is -2.14. The predicted octanol–water partition coefficient (Wildman–Crippen LogP) is 5.92. The molecule has 4 amide bonds. The number of halogens is 2. The van der Waals surface area contributed by atoms with Gasteiger partial charge in [0.25, 0.3) is 5.91 Å². The molecular weight excluding hydrogens is 574 g/mol. The van der Waals surface area contributed by atoms with Crippen LogP contribution >= 0.6 is 27.5 Å². The van der Waals surface area contributed by atoms with Crippen molar-refractivity contribution in [3.05, 3.63) is 92.5 Å². The Morgan fingerprint density at radius 1 is 1.08 bits per heavy atom. The number of rotatable bonds is 9. The molecule has 1 heterocycles. The molecule has 0 aromatic heterocycles. The lowest BCUT2D eigenvalue weighted by molar-refractivity contribution is -0.127. The predicted molar refractivity (Wildman–Crippen MR) is 149 cm³/mol. The molecule has 0 unspecified atom stereocenters. The van der Waals surface area contributed by atoms with E-state index < -0.39 is 24.4 Å². The molecule has 1 aliphatic heterocycles. The fourth-order valence-electron chi connectivity index (χ4n) is 3.72. The summed E-state index contributed by atoms with van der Waals surface area (Å²) in [6.45, 7) is 4.03. The van der Waals surface area contributed by atoms with Crippen LogP contribution in [0.5, 0.6) is 11.5 Å². The maximum Gasteiger partial charge on any atom is 0.329 e. The number of nitrogens with zero attached hydrogens (tertiary/aromatic N) is 1. The number of hydrogen-bond donors (Lipinski definition) is 2. The molecule has 0 atom stereocenters. The SMILES string of the molecule is CCOc1cc(/C=C2/NC(=O)N(CC(=O)Nc3cccc(C)c3)C2=O)c(Br)cc1OCc1ccc(Cl)cc1. The second kappa shape index (κ2) is 12.1. The van der Waals surface area contributed by atoms with Gasteiger partial charge in [0.2, 0.25) is 5.91 Å². The Hall–Kier alpha value is -3.82. The average molecular weight is 599 g/mol. The van der Waals surface area contributed by atoms with E-state index in [1.807, 2.05) is 38.1 Å². The maximum absolute atomic E-state index is 12.9. The number of ether oxygens (including phenoxy) is 2. The number of amides is 4. The van der Waals surface area contributed by atoms with Crippen molar-refractivity contribution in [1.29, 1.82) is 0 Å². The molecule has 3 aromatic carbocycles. The van der Waals surface area contributed by atoms with Gasteiger partial charge in [0.1, 0.15) is 18.8 Å². The molecule has 0 aliphatic carbocycles. The van der Waals surface area contributed by atoms with Gasteiger partial charge in [-0.2, -0.15) is 0 Å². The molecule has 38 heavy (non-hydrogen) atoms. The number of aryl methyl sites for hydroxylation is 1. The zero-order chi connectivity index (χ0) is 27.2. The van der Waals surface area contributed by atoms with E-state index in [1.165, 1.54) is 6.08 Å². The molecule has 10 heteroatoms. The first-order chi connectivity index (χ1) is 18.2. The molecule has 0 spiro atoms. The number of carbonyl (C=O) groups is 3. The van der Waals surface area contributed by atoms with Crippen molar-refractivity contribution < 1.29 is 23.9 Å². The second-order valence-electron chi connectivity index (χ2n) is 8.47. The number of benzene rings is 3. The quantitative estimate of drug-likeness (QED) is 0.235. The highest BCUT2D eigenvalue weighted by Crippen LogP contribution is 2.35. The molecule has 0 saturated carbocycles. The van der Waals surface area contributed by atoms with Gasteiger partial charge in [-0.25, -0.2) is 9.69 Å².